The number of aromatic hydroxyl groups is 1. The Morgan fingerprint density at radius 1 is 1.50 bits per heavy atom. The molecule has 112 valence electrons. The fourth-order valence-electron chi connectivity index (χ4n) is 2.04. The van der Waals surface area contributed by atoms with Crippen LogP contribution >= 0.6 is 39.3 Å². The van der Waals surface area contributed by atoms with Gasteiger partial charge < -0.3 is 9.84 Å². The number of phenols is 1. The number of nitrogens with zero attached hydrogens (tertiary/aromatic N) is 1. The molecule has 3 rings (SSSR count). The number of carbonyl (C=O) groups is 1. The van der Waals surface area contributed by atoms with Gasteiger partial charge >= 0.3 is 0 Å². The van der Waals surface area contributed by atoms with E-state index in [1.165, 1.54) is 18.9 Å². The van der Waals surface area contributed by atoms with E-state index < -0.39 is 0 Å². The SMILES string of the molecule is COc1cc(/C=C2\Sc3ncccc3C2=O)c(Br)c(Cl)c1O. The number of carbonyl (C=O) groups excluding carboxylic acids is 1. The molecule has 0 saturated carbocycles. The molecule has 0 spiro atoms. The predicted molar refractivity (Wildman–Crippen MR) is 89.8 cm³/mol. The number of thioether (sulfide) groups is 1. The van der Waals surface area contributed by atoms with Crippen molar-refractivity contribution in [2.75, 3.05) is 7.11 Å². The summed E-state index contributed by atoms with van der Waals surface area (Å²) < 4.78 is 5.58. The lowest BCUT2D eigenvalue weighted by Gasteiger charge is -2.09. The molecule has 0 unspecified atom stereocenters. The minimum absolute atomic E-state index is 0.0804. The molecule has 7 heteroatoms. The van der Waals surface area contributed by atoms with Crippen molar-refractivity contribution in [3.63, 3.8) is 0 Å². The van der Waals surface area contributed by atoms with Crippen LogP contribution < -0.4 is 4.74 Å². The molecule has 0 radical (unpaired) electrons. The Morgan fingerprint density at radius 2 is 2.27 bits per heavy atom. The molecule has 1 aliphatic rings. The zero-order valence-corrected chi connectivity index (χ0v) is 14.4. The molecule has 1 N–H and O–H groups in total. The van der Waals surface area contributed by atoms with E-state index in [4.69, 9.17) is 16.3 Å². The van der Waals surface area contributed by atoms with Crippen LogP contribution in [0.4, 0.5) is 0 Å². The summed E-state index contributed by atoms with van der Waals surface area (Å²) in [6.07, 6.45) is 3.35. The first-order valence-electron chi connectivity index (χ1n) is 6.17. The van der Waals surface area contributed by atoms with Crippen LogP contribution in [-0.4, -0.2) is 23.0 Å². The van der Waals surface area contributed by atoms with Crippen molar-refractivity contribution < 1.29 is 14.6 Å². The van der Waals surface area contributed by atoms with Crippen LogP contribution in [0.25, 0.3) is 6.08 Å². The highest BCUT2D eigenvalue weighted by atomic mass is 79.9. The van der Waals surface area contributed by atoms with E-state index in [9.17, 15) is 9.90 Å². The Bertz CT molecular complexity index is 823. The molecule has 0 fully saturated rings. The van der Waals surface area contributed by atoms with Crippen LogP contribution in [0.15, 0.2) is 38.8 Å². The molecular weight excluding hydrogens is 390 g/mol. The van der Waals surface area contributed by atoms with Crippen molar-refractivity contribution in [1.29, 1.82) is 0 Å². The van der Waals surface area contributed by atoms with Crippen LogP contribution in [-0.2, 0) is 0 Å². The fraction of sp³-hybridized carbons (Fsp3) is 0.0667. The van der Waals surface area contributed by atoms with Gasteiger partial charge in [0.25, 0.3) is 0 Å². The molecule has 4 nitrogen and oxygen atoms in total. The molecule has 1 aliphatic heterocycles. The maximum atomic E-state index is 12.4. The molecule has 0 atom stereocenters. The Kier molecular flexibility index (Phi) is 4.16. The maximum Gasteiger partial charge on any atom is 0.202 e. The lowest BCUT2D eigenvalue weighted by atomic mass is 10.1. The maximum absolute atomic E-state index is 12.4. The topological polar surface area (TPSA) is 59.4 Å². The average Bonchev–Trinajstić information content (AvgIpc) is 2.84. The van der Waals surface area contributed by atoms with E-state index in [0.29, 0.717) is 25.5 Å². The summed E-state index contributed by atoms with van der Waals surface area (Å²) in [5.41, 5.74) is 1.23. The molecule has 0 bridgehead atoms. The van der Waals surface area contributed by atoms with Gasteiger partial charge in [0.1, 0.15) is 10.0 Å². The van der Waals surface area contributed by atoms with Gasteiger partial charge in [0.05, 0.1) is 17.6 Å². The van der Waals surface area contributed by atoms with Gasteiger partial charge in [0, 0.05) is 10.7 Å². The second kappa shape index (κ2) is 5.95. The number of ether oxygens (including phenoxy) is 1. The minimum Gasteiger partial charge on any atom is -0.503 e. The van der Waals surface area contributed by atoms with Gasteiger partial charge in [0.2, 0.25) is 5.78 Å². The van der Waals surface area contributed by atoms with Gasteiger partial charge in [-0.15, -0.1) is 0 Å². The van der Waals surface area contributed by atoms with Gasteiger partial charge in [-0.25, -0.2) is 4.98 Å². The van der Waals surface area contributed by atoms with Gasteiger partial charge in [-0.1, -0.05) is 23.4 Å². The van der Waals surface area contributed by atoms with Crippen molar-refractivity contribution in [2.45, 2.75) is 5.03 Å². The summed E-state index contributed by atoms with van der Waals surface area (Å²) in [6.45, 7) is 0. The Morgan fingerprint density at radius 3 is 2.95 bits per heavy atom. The van der Waals surface area contributed by atoms with Gasteiger partial charge in [-0.3, -0.25) is 4.79 Å². The van der Waals surface area contributed by atoms with E-state index >= 15 is 0 Å². The molecule has 2 heterocycles. The lowest BCUT2D eigenvalue weighted by molar-refractivity contribution is 0.104. The molecule has 0 aliphatic carbocycles. The number of fused-ring (bicyclic) bond motifs is 1. The summed E-state index contributed by atoms with van der Waals surface area (Å²) in [4.78, 5) is 17.1. The fourth-order valence-corrected chi connectivity index (χ4v) is 3.64. The number of hydrogen-bond donors (Lipinski definition) is 1. The molecule has 1 aromatic heterocycles. The third kappa shape index (κ3) is 2.51. The number of allylic oxidation sites excluding steroid dienone is 1. The lowest BCUT2D eigenvalue weighted by Crippen LogP contribution is -1.95. The zero-order chi connectivity index (χ0) is 15.9. The summed E-state index contributed by atoms with van der Waals surface area (Å²) in [7, 11) is 1.44. The highest BCUT2D eigenvalue weighted by Gasteiger charge is 2.27. The molecule has 0 amide bonds. The number of ketones is 1. The van der Waals surface area contributed by atoms with Crippen molar-refractivity contribution in [3.8, 4) is 11.5 Å². The zero-order valence-electron chi connectivity index (χ0n) is 11.3. The first-order chi connectivity index (χ1) is 10.5. The Hall–Kier alpha value is -1.50. The number of halogens is 2. The van der Waals surface area contributed by atoms with Crippen LogP contribution in [0.5, 0.6) is 11.5 Å². The second-order valence-electron chi connectivity index (χ2n) is 4.44. The first kappa shape index (κ1) is 15.4. The average molecular weight is 399 g/mol. The van der Waals surface area contributed by atoms with Gasteiger partial charge in [0.15, 0.2) is 11.5 Å². The molecule has 1 aromatic carbocycles. The molecule has 2 aromatic rings. The third-order valence-electron chi connectivity index (χ3n) is 3.13. The first-order valence-corrected chi connectivity index (χ1v) is 8.16. The van der Waals surface area contributed by atoms with E-state index in [2.05, 4.69) is 20.9 Å². The largest absolute Gasteiger partial charge is 0.503 e. The summed E-state index contributed by atoms with van der Waals surface area (Å²) >= 11 is 10.7. The highest BCUT2D eigenvalue weighted by Crippen LogP contribution is 2.44. The second-order valence-corrected chi connectivity index (χ2v) is 6.64. The highest BCUT2D eigenvalue weighted by molar-refractivity contribution is 9.10. The number of methoxy groups -OCH3 is 1. The van der Waals surface area contributed by atoms with E-state index in [-0.39, 0.29) is 22.3 Å². The number of benzene rings is 1. The third-order valence-corrected chi connectivity index (χ3v) is 5.62. The van der Waals surface area contributed by atoms with Crippen molar-refractivity contribution in [3.05, 3.63) is 49.9 Å². The summed E-state index contributed by atoms with van der Waals surface area (Å²) in [5.74, 6) is 0.0165. The Labute approximate surface area is 144 Å². The van der Waals surface area contributed by atoms with Crippen LogP contribution in [0.3, 0.4) is 0 Å². The quantitative estimate of drug-likeness (QED) is 0.753. The van der Waals surface area contributed by atoms with E-state index in [0.717, 1.165) is 0 Å². The standard InChI is InChI=1S/C15H9BrClNO3S/c1-21-9-5-7(11(16)12(17)14(9)20)6-10-13(19)8-3-2-4-18-15(8)22-10/h2-6,20H,1H3/b10-6-. The smallest absolute Gasteiger partial charge is 0.202 e. The van der Waals surface area contributed by atoms with Crippen molar-refractivity contribution >= 4 is 51.2 Å². The number of pyridine rings is 1. The number of Topliss-reactive ketones (excluding diaryl/α,β-unsaturated/α-hetero) is 1. The molecule has 22 heavy (non-hydrogen) atoms. The molecular formula is C15H9BrClNO3S. The van der Waals surface area contributed by atoms with Crippen molar-refractivity contribution in [1.82, 2.24) is 4.98 Å². The normalized spacial score (nSPS) is 15.2. The van der Waals surface area contributed by atoms with Crippen LogP contribution in [0, 0.1) is 0 Å². The number of phenolic OH excluding ortho intramolecular Hbond substituents is 1. The van der Waals surface area contributed by atoms with Gasteiger partial charge in [-0.05, 0) is 45.8 Å². The van der Waals surface area contributed by atoms with E-state index in [1.807, 2.05) is 0 Å². The van der Waals surface area contributed by atoms with Gasteiger partial charge in [-0.2, -0.15) is 0 Å². The summed E-state index contributed by atoms with van der Waals surface area (Å²) in [5, 5.41) is 10.7. The Balaban J connectivity index is 2.08. The number of hydrogen-bond acceptors (Lipinski definition) is 5. The predicted octanol–water partition coefficient (Wildman–Crippen LogP) is 4.54. The molecule has 0 saturated heterocycles. The summed E-state index contributed by atoms with van der Waals surface area (Å²) in [6, 6.07) is 5.09. The van der Waals surface area contributed by atoms with Crippen LogP contribution in [0.2, 0.25) is 5.02 Å². The number of rotatable bonds is 2. The monoisotopic (exact) mass is 397 g/mol. The van der Waals surface area contributed by atoms with E-state index in [1.54, 1.807) is 30.5 Å². The number of aromatic nitrogens is 1. The minimum atomic E-state index is -0.145. The van der Waals surface area contributed by atoms with Crippen molar-refractivity contribution in [2.24, 2.45) is 0 Å². The van der Waals surface area contributed by atoms with Crippen LogP contribution in [0.1, 0.15) is 15.9 Å².